The van der Waals surface area contributed by atoms with Gasteiger partial charge in [0.05, 0.1) is 17.9 Å². The van der Waals surface area contributed by atoms with Crippen LogP contribution in [0.5, 0.6) is 5.75 Å². The molecule has 1 unspecified atom stereocenters. The number of carboxylic acids is 1. The van der Waals surface area contributed by atoms with Gasteiger partial charge in [-0.3, -0.25) is 4.98 Å². The molecule has 0 spiro atoms. The topological polar surface area (TPSA) is 71.9 Å². The first-order chi connectivity index (χ1) is 19.5. The largest absolute Gasteiger partial charge is 0.493 e. The lowest BCUT2D eigenvalue weighted by Crippen LogP contribution is -2.31. The van der Waals surface area contributed by atoms with Crippen molar-refractivity contribution < 1.29 is 23.8 Å². The Morgan fingerprint density at radius 1 is 1.02 bits per heavy atom. The second-order valence-electron chi connectivity index (χ2n) is 12.4. The third-order valence-electron chi connectivity index (χ3n) is 8.08. The zero-order valence-corrected chi connectivity index (χ0v) is 24.7. The van der Waals surface area contributed by atoms with E-state index in [1.54, 1.807) is 12.1 Å². The maximum absolute atomic E-state index is 13.2. The van der Waals surface area contributed by atoms with Gasteiger partial charge in [-0.1, -0.05) is 24.3 Å². The molecule has 0 amide bonds. The van der Waals surface area contributed by atoms with Crippen LogP contribution in [0.15, 0.2) is 48.5 Å². The highest BCUT2D eigenvalue weighted by atomic mass is 19.1. The van der Waals surface area contributed by atoms with Gasteiger partial charge in [-0.05, 0) is 101 Å². The number of aryl methyl sites for hydroxylation is 2. The Bertz CT molecular complexity index is 1380. The number of aromatic nitrogens is 1. The van der Waals surface area contributed by atoms with E-state index in [1.807, 2.05) is 58.9 Å². The Hall–Kier alpha value is -3.45. The van der Waals surface area contributed by atoms with Crippen molar-refractivity contribution in [2.45, 2.75) is 72.0 Å². The molecule has 0 bridgehead atoms. The van der Waals surface area contributed by atoms with Gasteiger partial charge in [-0.15, -0.1) is 0 Å². The highest BCUT2D eigenvalue weighted by Gasteiger charge is 2.40. The monoisotopic (exact) mass is 560 g/mol. The van der Waals surface area contributed by atoms with Gasteiger partial charge in [-0.2, -0.15) is 0 Å². The van der Waals surface area contributed by atoms with Gasteiger partial charge in [0.1, 0.15) is 11.6 Å². The quantitative estimate of drug-likeness (QED) is 0.281. The van der Waals surface area contributed by atoms with Crippen LogP contribution in [0.25, 0.3) is 11.1 Å². The molecule has 2 fully saturated rings. The highest BCUT2D eigenvalue weighted by molar-refractivity contribution is 5.88. The number of hydrogen-bond acceptors (Lipinski definition) is 5. The smallest absolute Gasteiger partial charge is 0.337 e. The lowest BCUT2D eigenvalue weighted by atomic mass is 9.93. The Balaban J connectivity index is 1.49. The lowest BCUT2D eigenvalue weighted by Gasteiger charge is -2.32. The predicted octanol–water partition coefficient (Wildman–Crippen LogP) is 7.30. The Kier molecular flexibility index (Phi) is 8.37. The van der Waals surface area contributed by atoms with Crippen LogP contribution in [-0.4, -0.2) is 41.4 Å². The molecule has 0 radical (unpaired) electrons. The van der Waals surface area contributed by atoms with Crippen molar-refractivity contribution in [2.24, 2.45) is 11.8 Å². The van der Waals surface area contributed by atoms with E-state index in [0.717, 1.165) is 59.2 Å². The van der Waals surface area contributed by atoms with Crippen molar-refractivity contribution in [3.8, 4) is 16.9 Å². The molecule has 1 aliphatic heterocycles. The number of halogens is 1. The van der Waals surface area contributed by atoms with Crippen LogP contribution in [0.1, 0.15) is 68.7 Å². The first-order valence-corrected chi connectivity index (χ1v) is 14.6. The molecule has 2 aromatic carbocycles. The molecule has 2 aliphatic rings. The average molecular weight is 561 g/mol. The van der Waals surface area contributed by atoms with Gasteiger partial charge in [0.15, 0.2) is 6.10 Å². The summed E-state index contributed by atoms with van der Waals surface area (Å²) in [6, 6.07) is 14.4. The number of hydrogen-bond donors (Lipinski definition) is 1. The molecule has 3 aromatic rings. The van der Waals surface area contributed by atoms with Crippen LogP contribution in [0.2, 0.25) is 0 Å². The Labute approximate surface area is 242 Å². The summed E-state index contributed by atoms with van der Waals surface area (Å²) in [7, 11) is 0. The van der Waals surface area contributed by atoms with Crippen molar-refractivity contribution >= 4 is 11.7 Å². The summed E-state index contributed by atoms with van der Waals surface area (Å²) >= 11 is 0. The first kappa shape index (κ1) is 29.1. The van der Waals surface area contributed by atoms with Crippen molar-refractivity contribution in [2.75, 3.05) is 24.6 Å². The molecule has 1 saturated carbocycles. The van der Waals surface area contributed by atoms with Crippen molar-refractivity contribution in [1.82, 2.24) is 4.98 Å². The number of carboxylic acid groups (broad SMARTS) is 1. The molecular formula is C34H41FN2O4. The maximum Gasteiger partial charge on any atom is 0.337 e. The van der Waals surface area contributed by atoms with E-state index in [-0.39, 0.29) is 5.82 Å². The van der Waals surface area contributed by atoms with Crippen molar-refractivity contribution in [1.29, 1.82) is 0 Å². The number of rotatable bonds is 10. The summed E-state index contributed by atoms with van der Waals surface area (Å²) in [5.41, 5.74) is 5.41. The molecule has 1 aromatic heterocycles. The van der Waals surface area contributed by atoms with Gasteiger partial charge < -0.3 is 19.5 Å². The van der Waals surface area contributed by atoms with Gasteiger partial charge in [-0.25, -0.2) is 9.18 Å². The molecule has 5 rings (SSSR count). The number of ether oxygens (including phenoxy) is 2. The number of nitrogens with zero attached hydrogens (tertiary/aromatic N) is 2. The highest BCUT2D eigenvalue weighted by Crippen LogP contribution is 2.47. The molecule has 1 aliphatic carbocycles. The van der Waals surface area contributed by atoms with E-state index in [2.05, 4.69) is 4.90 Å². The number of benzene rings is 2. The SMILES string of the molecule is Cc1nc(C)c([C@H](OC(C)(C)C)C(=O)O)c(N2CCC(C3CC3)C2)c1-c1ccc(OCCc2ccc(F)cc2)cc1. The Morgan fingerprint density at radius 3 is 2.32 bits per heavy atom. The molecule has 6 nitrogen and oxygen atoms in total. The fraction of sp³-hybridized carbons (Fsp3) is 0.471. The van der Waals surface area contributed by atoms with Crippen LogP contribution in [-0.2, 0) is 16.0 Å². The maximum atomic E-state index is 13.2. The summed E-state index contributed by atoms with van der Waals surface area (Å²) < 4.78 is 25.4. The minimum absolute atomic E-state index is 0.245. The molecule has 2 atom stereocenters. The number of aliphatic carboxylic acids is 1. The molecule has 1 saturated heterocycles. The first-order valence-electron chi connectivity index (χ1n) is 14.6. The summed E-state index contributed by atoms with van der Waals surface area (Å²) in [5, 5.41) is 10.4. The molecule has 1 N–H and O–H groups in total. The second kappa shape index (κ2) is 11.8. The summed E-state index contributed by atoms with van der Waals surface area (Å²) in [5.74, 6) is 0.898. The van der Waals surface area contributed by atoms with Crippen molar-refractivity contribution in [3.05, 3.63) is 76.9 Å². The fourth-order valence-electron chi connectivity index (χ4n) is 6.02. The van der Waals surface area contributed by atoms with E-state index in [0.29, 0.717) is 30.2 Å². The van der Waals surface area contributed by atoms with Gasteiger partial charge >= 0.3 is 5.97 Å². The van der Waals surface area contributed by atoms with Crippen LogP contribution >= 0.6 is 0 Å². The van der Waals surface area contributed by atoms with Gasteiger partial charge in [0.2, 0.25) is 0 Å². The molecular weight excluding hydrogens is 519 g/mol. The van der Waals surface area contributed by atoms with E-state index < -0.39 is 17.7 Å². The minimum Gasteiger partial charge on any atom is -0.493 e. The van der Waals surface area contributed by atoms with Crippen LogP contribution < -0.4 is 9.64 Å². The van der Waals surface area contributed by atoms with E-state index in [4.69, 9.17) is 14.5 Å². The number of anilines is 1. The molecule has 41 heavy (non-hydrogen) atoms. The van der Waals surface area contributed by atoms with Crippen LogP contribution in [0, 0.1) is 31.5 Å². The predicted molar refractivity (Wildman–Crippen MR) is 159 cm³/mol. The minimum atomic E-state index is -1.13. The summed E-state index contributed by atoms with van der Waals surface area (Å²) in [4.78, 5) is 19.9. The summed E-state index contributed by atoms with van der Waals surface area (Å²) in [6.45, 7) is 11.8. The van der Waals surface area contributed by atoms with Gasteiger partial charge in [0, 0.05) is 42.0 Å². The third-order valence-corrected chi connectivity index (χ3v) is 8.08. The molecule has 2 heterocycles. The molecule has 218 valence electrons. The zero-order valence-electron chi connectivity index (χ0n) is 24.7. The van der Waals surface area contributed by atoms with Crippen molar-refractivity contribution in [3.63, 3.8) is 0 Å². The number of pyridine rings is 1. The normalized spacial score (nSPS) is 18.0. The third kappa shape index (κ3) is 6.89. The zero-order chi connectivity index (χ0) is 29.3. The fourth-order valence-corrected chi connectivity index (χ4v) is 6.02. The van der Waals surface area contributed by atoms with E-state index in [9.17, 15) is 14.3 Å². The van der Waals surface area contributed by atoms with E-state index >= 15 is 0 Å². The second-order valence-corrected chi connectivity index (χ2v) is 12.4. The number of carbonyl (C=O) groups is 1. The average Bonchev–Trinajstić information content (AvgIpc) is 3.65. The molecule has 7 heteroatoms. The summed E-state index contributed by atoms with van der Waals surface area (Å²) in [6.07, 6.45) is 3.24. The van der Waals surface area contributed by atoms with Gasteiger partial charge in [0.25, 0.3) is 0 Å². The standard InChI is InChI=1S/C34H41FN2O4/c1-21-29(25-10-14-28(15-11-25)40-19-17-23-6-12-27(35)13-7-23)31(37-18-16-26(20-37)24-8-9-24)30(22(2)36-21)32(33(38)39)41-34(3,4)5/h6-7,10-15,24,26,32H,8-9,16-20H2,1-5H3,(H,38,39)/t26?,32-/m0/s1. The van der Waals surface area contributed by atoms with Crippen LogP contribution in [0.4, 0.5) is 10.1 Å². The van der Waals surface area contributed by atoms with Crippen LogP contribution in [0.3, 0.4) is 0 Å². The lowest BCUT2D eigenvalue weighted by molar-refractivity contribution is -0.160. The Morgan fingerprint density at radius 2 is 1.71 bits per heavy atom. The van der Waals surface area contributed by atoms with E-state index in [1.165, 1.54) is 25.0 Å².